The number of amides is 2. The van der Waals surface area contributed by atoms with Crippen LogP contribution in [0.1, 0.15) is 25.3 Å². The van der Waals surface area contributed by atoms with Crippen LogP contribution in [0, 0.1) is 17.8 Å². The Morgan fingerprint density at radius 3 is 2.92 bits per heavy atom. The van der Waals surface area contributed by atoms with Crippen molar-refractivity contribution in [3.8, 4) is 0 Å². The molecule has 2 amide bonds. The number of oxime groups is 1. The summed E-state index contributed by atoms with van der Waals surface area (Å²) in [5, 5.41) is 6.82. The third-order valence-electron chi connectivity index (χ3n) is 5.35. The van der Waals surface area contributed by atoms with Gasteiger partial charge in [-0.25, -0.2) is 0 Å². The van der Waals surface area contributed by atoms with Gasteiger partial charge in [0.2, 0.25) is 5.91 Å². The lowest BCUT2D eigenvalue weighted by Crippen LogP contribution is -2.41. The Morgan fingerprint density at radius 1 is 1.36 bits per heavy atom. The molecule has 0 aromatic carbocycles. The number of fused-ring (bicyclic) bond motifs is 1. The van der Waals surface area contributed by atoms with Crippen LogP contribution in [-0.4, -0.2) is 46.6 Å². The van der Waals surface area contributed by atoms with Gasteiger partial charge in [0, 0.05) is 31.4 Å². The highest BCUT2D eigenvalue weighted by atomic mass is 16.6. The van der Waals surface area contributed by atoms with E-state index >= 15 is 0 Å². The van der Waals surface area contributed by atoms with Gasteiger partial charge >= 0.3 is 0 Å². The molecule has 25 heavy (non-hydrogen) atoms. The Balaban J connectivity index is 1.33. The maximum absolute atomic E-state index is 12.5. The summed E-state index contributed by atoms with van der Waals surface area (Å²) in [6, 6.07) is 3.73. The van der Waals surface area contributed by atoms with E-state index in [1.54, 1.807) is 12.4 Å². The van der Waals surface area contributed by atoms with Gasteiger partial charge in [0.25, 0.3) is 5.91 Å². The molecule has 132 valence electrons. The Labute approximate surface area is 146 Å². The van der Waals surface area contributed by atoms with Crippen molar-refractivity contribution in [3.05, 3.63) is 30.1 Å². The summed E-state index contributed by atoms with van der Waals surface area (Å²) in [5.41, 5.74) is 1.32. The third-order valence-corrected chi connectivity index (χ3v) is 5.35. The fraction of sp³-hybridized carbons (Fsp3) is 0.556. The predicted molar refractivity (Wildman–Crippen MR) is 90.3 cm³/mol. The summed E-state index contributed by atoms with van der Waals surface area (Å²) < 4.78 is 0. The van der Waals surface area contributed by atoms with Gasteiger partial charge in [-0.05, 0) is 30.4 Å². The van der Waals surface area contributed by atoms with Crippen LogP contribution in [0.5, 0.6) is 0 Å². The van der Waals surface area contributed by atoms with E-state index in [4.69, 9.17) is 4.84 Å². The van der Waals surface area contributed by atoms with E-state index in [0.717, 1.165) is 18.4 Å². The van der Waals surface area contributed by atoms with Gasteiger partial charge in [-0.1, -0.05) is 18.1 Å². The molecule has 0 bridgehead atoms. The summed E-state index contributed by atoms with van der Waals surface area (Å²) >= 11 is 0. The number of hydrogen-bond acceptors (Lipinski definition) is 5. The predicted octanol–water partition coefficient (Wildman–Crippen LogP) is 0.957. The van der Waals surface area contributed by atoms with E-state index in [2.05, 4.69) is 22.4 Å². The summed E-state index contributed by atoms with van der Waals surface area (Å²) in [6.07, 6.45) is 5.15. The maximum Gasteiger partial charge on any atom is 0.269 e. The van der Waals surface area contributed by atoms with Crippen LogP contribution in [-0.2, 0) is 21.0 Å². The molecule has 0 spiro atoms. The van der Waals surface area contributed by atoms with Crippen LogP contribution in [0.25, 0.3) is 0 Å². The molecule has 1 saturated carbocycles. The molecule has 0 unspecified atom stereocenters. The molecule has 0 radical (unpaired) electrons. The van der Waals surface area contributed by atoms with Gasteiger partial charge < -0.3 is 15.1 Å². The van der Waals surface area contributed by atoms with Crippen molar-refractivity contribution in [3.63, 3.8) is 0 Å². The zero-order valence-corrected chi connectivity index (χ0v) is 14.2. The zero-order chi connectivity index (χ0) is 17.4. The first kappa shape index (κ1) is 16.1. The van der Waals surface area contributed by atoms with Crippen molar-refractivity contribution in [2.75, 3.05) is 13.1 Å². The average Bonchev–Trinajstić information content (AvgIpc) is 3.18. The number of aromatic nitrogens is 1. The van der Waals surface area contributed by atoms with Crippen LogP contribution in [0.3, 0.4) is 0 Å². The largest absolute Gasteiger partial charge is 0.389 e. The molecular weight excluding hydrogens is 320 g/mol. The van der Waals surface area contributed by atoms with E-state index in [-0.39, 0.29) is 29.8 Å². The second-order valence-electron chi connectivity index (χ2n) is 7.29. The minimum absolute atomic E-state index is 0.129. The molecule has 3 heterocycles. The molecule has 2 aliphatic heterocycles. The molecule has 3 aliphatic rings. The topological polar surface area (TPSA) is 83.9 Å². The van der Waals surface area contributed by atoms with Gasteiger partial charge in [-0.15, -0.1) is 0 Å². The van der Waals surface area contributed by atoms with Crippen molar-refractivity contribution in [2.24, 2.45) is 22.9 Å². The lowest BCUT2D eigenvalue weighted by atomic mass is 9.75. The molecule has 1 aromatic rings. The van der Waals surface area contributed by atoms with E-state index < -0.39 is 0 Å². The van der Waals surface area contributed by atoms with Crippen LogP contribution in [0.15, 0.2) is 29.7 Å². The highest BCUT2D eigenvalue weighted by Gasteiger charge is 2.48. The molecule has 2 atom stereocenters. The van der Waals surface area contributed by atoms with Gasteiger partial charge in [0.05, 0.1) is 12.5 Å². The summed E-state index contributed by atoms with van der Waals surface area (Å²) in [6.45, 7) is 3.61. The van der Waals surface area contributed by atoms with Crippen LogP contribution in [0.2, 0.25) is 0 Å². The number of rotatable bonds is 4. The lowest BCUT2D eigenvalue weighted by molar-refractivity contribution is -0.139. The molecule has 7 nitrogen and oxygen atoms in total. The van der Waals surface area contributed by atoms with E-state index in [9.17, 15) is 9.59 Å². The molecule has 1 N–H and O–H groups in total. The molecule has 1 aliphatic carbocycles. The quantitative estimate of drug-likeness (QED) is 0.883. The Kier molecular flexibility index (Phi) is 4.15. The number of hydrogen-bond donors (Lipinski definition) is 1. The fourth-order valence-corrected chi connectivity index (χ4v) is 3.86. The lowest BCUT2D eigenvalue weighted by Gasteiger charge is -2.34. The second kappa shape index (κ2) is 6.46. The highest BCUT2D eigenvalue weighted by molar-refractivity contribution is 6.40. The number of likely N-dealkylation sites (tertiary alicyclic amines) is 1. The average molecular weight is 342 g/mol. The van der Waals surface area contributed by atoms with Crippen LogP contribution in [0.4, 0.5) is 0 Å². The molecule has 7 heteroatoms. The Morgan fingerprint density at radius 2 is 2.20 bits per heavy atom. The van der Waals surface area contributed by atoms with Crippen molar-refractivity contribution >= 4 is 17.5 Å². The van der Waals surface area contributed by atoms with Gasteiger partial charge in [0.1, 0.15) is 0 Å². The van der Waals surface area contributed by atoms with E-state index in [1.165, 1.54) is 0 Å². The number of pyridine rings is 1. The van der Waals surface area contributed by atoms with Crippen molar-refractivity contribution in [2.45, 2.75) is 32.4 Å². The standard InChI is InChI=1S/C18H22N4O3/c1-11-5-13(6-11)18(24)22-9-14-15(10-22)25-21-16(14)17(23)20-8-12-3-2-4-19-7-12/h2-4,7,11,13-15H,5-6,8-10H2,1H3,(H,20,23)/t11?,13?,14-,15+/m0/s1. The number of carbonyl (C=O) groups is 2. The van der Waals surface area contributed by atoms with Crippen molar-refractivity contribution in [1.82, 2.24) is 15.2 Å². The van der Waals surface area contributed by atoms with Crippen molar-refractivity contribution in [1.29, 1.82) is 0 Å². The SMILES string of the molecule is CC1CC(C(=O)N2C[C@@H]3C(C(=O)NCc4cccnc4)=NO[C@@H]3C2)C1. The zero-order valence-electron chi connectivity index (χ0n) is 14.2. The van der Waals surface area contributed by atoms with Crippen LogP contribution >= 0.6 is 0 Å². The maximum atomic E-state index is 12.5. The first-order valence-electron chi connectivity index (χ1n) is 8.81. The highest BCUT2D eigenvalue weighted by Crippen LogP contribution is 2.36. The number of nitrogens with zero attached hydrogens (tertiary/aromatic N) is 3. The Hall–Kier alpha value is -2.44. The second-order valence-corrected chi connectivity index (χ2v) is 7.29. The third kappa shape index (κ3) is 3.10. The number of carbonyl (C=O) groups excluding carboxylic acids is 2. The first-order valence-corrected chi connectivity index (χ1v) is 8.81. The van der Waals surface area contributed by atoms with Crippen LogP contribution < -0.4 is 5.32 Å². The van der Waals surface area contributed by atoms with E-state index in [1.807, 2.05) is 17.0 Å². The van der Waals surface area contributed by atoms with Gasteiger partial charge in [0.15, 0.2) is 11.8 Å². The molecule has 1 aromatic heterocycles. The van der Waals surface area contributed by atoms with Gasteiger partial charge in [-0.3, -0.25) is 14.6 Å². The summed E-state index contributed by atoms with van der Waals surface area (Å²) in [4.78, 5) is 36.2. The molecule has 1 saturated heterocycles. The molecular formula is C18H22N4O3. The normalized spacial score (nSPS) is 30.1. The van der Waals surface area contributed by atoms with Crippen molar-refractivity contribution < 1.29 is 14.4 Å². The molecule has 2 fully saturated rings. The minimum Gasteiger partial charge on any atom is -0.389 e. The summed E-state index contributed by atoms with van der Waals surface area (Å²) in [7, 11) is 0. The minimum atomic E-state index is -0.233. The van der Waals surface area contributed by atoms with E-state index in [0.29, 0.717) is 31.3 Å². The number of nitrogens with one attached hydrogen (secondary N) is 1. The monoisotopic (exact) mass is 342 g/mol. The fourth-order valence-electron chi connectivity index (χ4n) is 3.86. The Bertz CT molecular complexity index is 700. The first-order chi connectivity index (χ1) is 12.1. The van der Waals surface area contributed by atoms with Gasteiger partial charge in [-0.2, -0.15) is 0 Å². The summed E-state index contributed by atoms with van der Waals surface area (Å²) in [5.74, 6) is 0.626. The smallest absolute Gasteiger partial charge is 0.269 e. The molecule has 4 rings (SSSR count).